The van der Waals surface area contributed by atoms with Gasteiger partial charge in [-0.25, -0.2) is 4.39 Å². The standard InChI is InChI=1S/C14H19FN2O2/c1-9(17-14(18)5-10-7-16-8-10)12-6-11(15)3-4-13(12)19-2/h3-4,6,9-10,16H,5,7-8H2,1-2H3,(H,17,18). The molecule has 4 nitrogen and oxygen atoms in total. The van der Waals surface area contributed by atoms with Gasteiger partial charge in [-0.3, -0.25) is 4.79 Å². The van der Waals surface area contributed by atoms with Crippen molar-refractivity contribution in [3.8, 4) is 5.75 Å². The molecule has 1 aliphatic rings. The van der Waals surface area contributed by atoms with Crippen LogP contribution in [0.1, 0.15) is 24.9 Å². The molecule has 0 bridgehead atoms. The minimum absolute atomic E-state index is 0.00897. The van der Waals surface area contributed by atoms with Gasteiger partial charge < -0.3 is 15.4 Å². The van der Waals surface area contributed by atoms with Crippen LogP contribution in [0.2, 0.25) is 0 Å². The van der Waals surface area contributed by atoms with Gasteiger partial charge in [0.1, 0.15) is 11.6 Å². The summed E-state index contributed by atoms with van der Waals surface area (Å²) < 4.78 is 18.5. The van der Waals surface area contributed by atoms with Crippen molar-refractivity contribution < 1.29 is 13.9 Å². The van der Waals surface area contributed by atoms with Crippen LogP contribution < -0.4 is 15.4 Å². The van der Waals surface area contributed by atoms with Gasteiger partial charge in [0, 0.05) is 12.0 Å². The number of halogens is 1. The first-order chi connectivity index (χ1) is 9.10. The van der Waals surface area contributed by atoms with E-state index in [0.717, 1.165) is 13.1 Å². The van der Waals surface area contributed by atoms with Crippen LogP contribution in [-0.2, 0) is 4.79 Å². The Labute approximate surface area is 112 Å². The normalized spacial score (nSPS) is 16.6. The van der Waals surface area contributed by atoms with E-state index in [1.54, 1.807) is 6.07 Å². The highest BCUT2D eigenvalue weighted by Crippen LogP contribution is 2.26. The number of carbonyl (C=O) groups is 1. The molecular formula is C14H19FN2O2. The Kier molecular flexibility index (Phi) is 4.37. The molecule has 0 aliphatic carbocycles. The lowest BCUT2D eigenvalue weighted by Crippen LogP contribution is -2.44. The van der Waals surface area contributed by atoms with Crippen molar-refractivity contribution in [1.29, 1.82) is 0 Å². The number of benzene rings is 1. The van der Waals surface area contributed by atoms with Gasteiger partial charge in [-0.05, 0) is 44.1 Å². The molecule has 1 fully saturated rings. The summed E-state index contributed by atoms with van der Waals surface area (Å²) in [5, 5.41) is 6.01. The van der Waals surface area contributed by atoms with E-state index in [4.69, 9.17) is 4.74 Å². The summed E-state index contributed by atoms with van der Waals surface area (Å²) in [6.45, 7) is 3.62. The number of carbonyl (C=O) groups excluding carboxylic acids is 1. The Balaban J connectivity index is 1.99. The molecule has 19 heavy (non-hydrogen) atoms. The SMILES string of the molecule is COc1ccc(F)cc1C(C)NC(=O)CC1CNC1. The molecule has 0 spiro atoms. The van der Waals surface area contributed by atoms with Crippen LogP contribution in [0.15, 0.2) is 18.2 Å². The van der Waals surface area contributed by atoms with Gasteiger partial charge in [0.2, 0.25) is 5.91 Å². The predicted molar refractivity (Wildman–Crippen MR) is 70.5 cm³/mol. The minimum Gasteiger partial charge on any atom is -0.496 e. The second-order valence-electron chi connectivity index (χ2n) is 4.90. The zero-order valence-electron chi connectivity index (χ0n) is 11.2. The molecule has 1 unspecified atom stereocenters. The first-order valence-corrected chi connectivity index (χ1v) is 6.43. The van der Waals surface area contributed by atoms with Crippen molar-refractivity contribution in [2.24, 2.45) is 5.92 Å². The maximum Gasteiger partial charge on any atom is 0.220 e. The summed E-state index contributed by atoms with van der Waals surface area (Å²) in [6.07, 6.45) is 0.509. The number of ether oxygens (including phenoxy) is 1. The van der Waals surface area contributed by atoms with Gasteiger partial charge in [-0.1, -0.05) is 0 Å². The molecule has 2 N–H and O–H groups in total. The van der Waals surface area contributed by atoms with Gasteiger partial charge in [0.15, 0.2) is 0 Å². The van der Waals surface area contributed by atoms with E-state index in [2.05, 4.69) is 10.6 Å². The lowest BCUT2D eigenvalue weighted by molar-refractivity contribution is -0.123. The molecular weight excluding hydrogens is 247 g/mol. The van der Waals surface area contributed by atoms with Crippen LogP contribution in [0, 0.1) is 11.7 Å². The van der Waals surface area contributed by atoms with E-state index < -0.39 is 0 Å². The van der Waals surface area contributed by atoms with Crippen molar-refractivity contribution in [1.82, 2.24) is 10.6 Å². The second kappa shape index (κ2) is 6.02. The summed E-state index contributed by atoms with van der Waals surface area (Å²) in [5.41, 5.74) is 0.655. The van der Waals surface area contributed by atoms with Gasteiger partial charge in [0.25, 0.3) is 0 Å². The fourth-order valence-electron chi connectivity index (χ4n) is 2.18. The van der Waals surface area contributed by atoms with Crippen LogP contribution in [0.3, 0.4) is 0 Å². The minimum atomic E-state index is -0.333. The third kappa shape index (κ3) is 3.44. The fraction of sp³-hybridized carbons (Fsp3) is 0.500. The lowest BCUT2D eigenvalue weighted by atomic mass is 9.98. The molecule has 1 aliphatic heterocycles. The summed E-state index contributed by atoms with van der Waals surface area (Å²) >= 11 is 0. The van der Waals surface area contributed by atoms with E-state index in [9.17, 15) is 9.18 Å². The van der Waals surface area contributed by atoms with Gasteiger partial charge in [-0.2, -0.15) is 0 Å². The third-order valence-corrected chi connectivity index (χ3v) is 3.38. The largest absolute Gasteiger partial charge is 0.496 e. The Morgan fingerprint density at radius 1 is 1.58 bits per heavy atom. The van der Waals surface area contributed by atoms with Crippen molar-refractivity contribution in [2.75, 3.05) is 20.2 Å². The molecule has 0 aromatic heterocycles. The molecule has 1 atom stereocenters. The lowest BCUT2D eigenvalue weighted by Gasteiger charge is -2.27. The molecule has 0 saturated carbocycles. The highest BCUT2D eigenvalue weighted by molar-refractivity contribution is 5.77. The summed E-state index contributed by atoms with van der Waals surface area (Å²) in [6, 6.07) is 4.04. The van der Waals surface area contributed by atoms with E-state index in [1.807, 2.05) is 6.92 Å². The Morgan fingerprint density at radius 2 is 2.32 bits per heavy atom. The third-order valence-electron chi connectivity index (χ3n) is 3.38. The van der Waals surface area contributed by atoms with E-state index in [1.165, 1.54) is 19.2 Å². The van der Waals surface area contributed by atoms with Gasteiger partial charge in [-0.15, -0.1) is 0 Å². The topological polar surface area (TPSA) is 50.4 Å². The number of hydrogen-bond acceptors (Lipinski definition) is 3. The maximum atomic E-state index is 13.3. The summed E-state index contributed by atoms with van der Waals surface area (Å²) in [7, 11) is 1.53. The number of amides is 1. The average Bonchev–Trinajstić information content (AvgIpc) is 2.33. The van der Waals surface area contributed by atoms with E-state index in [0.29, 0.717) is 23.7 Å². The number of rotatable bonds is 5. The van der Waals surface area contributed by atoms with Gasteiger partial charge in [0.05, 0.1) is 13.2 Å². The van der Waals surface area contributed by atoms with E-state index in [-0.39, 0.29) is 17.8 Å². The zero-order valence-corrected chi connectivity index (χ0v) is 11.2. The summed E-state index contributed by atoms with van der Waals surface area (Å²) in [4.78, 5) is 11.8. The first kappa shape index (κ1) is 13.8. The van der Waals surface area contributed by atoms with Crippen molar-refractivity contribution >= 4 is 5.91 Å². The quantitative estimate of drug-likeness (QED) is 0.851. The van der Waals surface area contributed by atoms with Crippen LogP contribution in [-0.4, -0.2) is 26.1 Å². The van der Waals surface area contributed by atoms with Crippen LogP contribution in [0.5, 0.6) is 5.75 Å². The van der Waals surface area contributed by atoms with Gasteiger partial charge >= 0.3 is 0 Å². The first-order valence-electron chi connectivity index (χ1n) is 6.43. The molecule has 104 valence electrons. The molecule has 0 radical (unpaired) electrons. The predicted octanol–water partition coefficient (Wildman–Crippen LogP) is 1.62. The smallest absolute Gasteiger partial charge is 0.220 e. The second-order valence-corrected chi connectivity index (χ2v) is 4.90. The maximum absolute atomic E-state index is 13.3. The highest BCUT2D eigenvalue weighted by Gasteiger charge is 2.22. The van der Waals surface area contributed by atoms with Crippen LogP contribution in [0.4, 0.5) is 4.39 Å². The van der Waals surface area contributed by atoms with Crippen molar-refractivity contribution in [2.45, 2.75) is 19.4 Å². The Bertz CT molecular complexity index is 461. The van der Waals surface area contributed by atoms with Crippen LogP contribution >= 0.6 is 0 Å². The highest BCUT2D eigenvalue weighted by atomic mass is 19.1. The molecule has 1 heterocycles. The molecule has 2 rings (SSSR count). The summed E-state index contributed by atoms with van der Waals surface area (Å²) in [5.74, 6) is 0.659. The average molecular weight is 266 g/mol. The molecule has 1 saturated heterocycles. The van der Waals surface area contributed by atoms with Crippen LogP contribution in [0.25, 0.3) is 0 Å². The molecule has 5 heteroatoms. The Morgan fingerprint density at radius 3 is 2.89 bits per heavy atom. The Hall–Kier alpha value is -1.62. The molecule has 1 aromatic carbocycles. The van der Waals surface area contributed by atoms with Crippen molar-refractivity contribution in [3.63, 3.8) is 0 Å². The number of nitrogens with one attached hydrogen (secondary N) is 2. The number of methoxy groups -OCH3 is 1. The monoisotopic (exact) mass is 266 g/mol. The number of hydrogen-bond donors (Lipinski definition) is 2. The van der Waals surface area contributed by atoms with Crippen molar-refractivity contribution in [3.05, 3.63) is 29.6 Å². The van der Waals surface area contributed by atoms with E-state index >= 15 is 0 Å². The fourth-order valence-corrected chi connectivity index (χ4v) is 2.18. The molecule has 1 amide bonds. The zero-order chi connectivity index (χ0) is 13.8. The molecule has 1 aromatic rings.